The van der Waals surface area contributed by atoms with E-state index in [9.17, 15) is 9.59 Å². The molecule has 6 nitrogen and oxygen atoms in total. The number of urea groups is 1. The quantitative estimate of drug-likeness (QED) is 0.799. The van der Waals surface area contributed by atoms with Gasteiger partial charge in [-0.2, -0.15) is 0 Å². The molecule has 2 heterocycles. The van der Waals surface area contributed by atoms with Gasteiger partial charge in [0.05, 0.1) is 18.8 Å². The molecule has 3 amide bonds. The van der Waals surface area contributed by atoms with E-state index in [1.165, 1.54) is 11.3 Å². The fourth-order valence-electron chi connectivity index (χ4n) is 2.66. The molecule has 2 atom stereocenters. The molecule has 3 N–H and O–H groups in total. The second kappa shape index (κ2) is 6.76. The highest BCUT2D eigenvalue weighted by atomic mass is 32.1. The van der Waals surface area contributed by atoms with Crippen LogP contribution in [0.15, 0.2) is 54.1 Å². The molecule has 1 aliphatic heterocycles. The van der Waals surface area contributed by atoms with Gasteiger partial charge in [-0.15, -0.1) is 11.3 Å². The number of amides is 3. The van der Waals surface area contributed by atoms with E-state index < -0.39 is 12.0 Å². The largest absolute Gasteiger partial charge is 0.495 e. The van der Waals surface area contributed by atoms with E-state index in [0.29, 0.717) is 17.1 Å². The molecule has 0 radical (unpaired) electrons. The maximum atomic E-state index is 12.8. The molecule has 1 aromatic heterocycles. The van der Waals surface area contributed by atoms with E-state index in [2.05, 4.69) is 22.5 Å². The lowest BCUT2D eigenvalue weighted by atomic mass is 9.92. The number of methoxy groups -OCH3 is 1. The first kappa shape index (κ1) is 16.1. The molecule has 0 bridgehead atoms. The minimum absolute atomic E-state index is 0.268. The summed E-state index contributed by atoms with van der Waals surface area (Å²) < 4.78 is 5.26. The Hall–Kier alpha value is -2.80. The van der Waals surface area contributed by atoms with Crippen molar-refractivity contribution in [1.29, 1.82) is 0 Å². The van der Waals surface area contributed by atoms with Gasteiger partial charge >= 0.3 is 6.03 Å². The summed E-state index contributed by atoms with van der Waals surface area (Å²) in [4.78, 5) is 25.5. The zero-order valence-corrected chi connectivity index (χ0v) is 13.9. The van der Waals surface area contributed by atoms with Crippen molar-refractivity contribution in [1.82, 2.24) is 10.6 Å². The maximum absolute atomic E-state index is 12.8. The predicted molar refractivity (Wildman–Crippen MR) is 93.0 cm³/mol. The van der Waals surface area contributed by atoms with Crippen LogP contribution in [0.25, 0.3) is 0 Å². The molecule has 1 fully saturated rings. The van der Waals surface area contributed by atoms with Crippen molar-refractivity contribution in [3.63, 3.8) is 0 Å². The Morgan fingerprint density at radius 3 is 2.79 bits per heavy atom. The number of rotatable bonds is 4. The topological polar surface area (TPSA) is 79.5 Å². The standard InChI is InChI=1S/C17H17N3O3S/c1-10-14(15(20-17(22)18-10)13-8-5-9-24-13)16(21)19-11-6-3-4-7-12(11)23-2/h3-9,14-15H,1H2,2H3,(H,19,21)(H2,18,20,22). The molecule has 2 aromatic rings. The van der Waals surface area contributed by atoms with Crippen LogP contribution in [0.2, 0.25) is 0 Å². The van der Waals surface area contributed by atoms with Gasteiger partial charge in [-0.3, -0.25) is 4.79 Å². The number of hydrogen-bond acceptors (Lipinski definition) is 4. The predicted octanol–water partition coefficient (Wildman–Crippen LogP) is 2.88. The van der Waals surface area contributed by atoms with Crippen LogP contribution in [0.5, 0.6) is 5.75 Å². The lowest BCUT2D eigenvalue weighted by Gasteiger charge is -2.33. The van der Waals surface area contributed by atoms with Crippen molar-refractivity contribution in [3.8, 4) is 5.75 Å². The molecule has 2 unspecified atom stereocenters. The van der Waals surface area contributed by atoms with E-state index in [4.69, 9.17) is 4.74 Å². The van der Waals surface area contributed by atoms with Crippen LogP contribution in [0.4, 0.5) is 10.5 Å². The van der Waals surface area contributed by atoms with E-state index in [1.807, 2.05) is 29.6 Å². The van der Waals surface area contributed by atoms with Crippen molar-refractivity contribution < 1.29 is 14.3 Å². The number of carbonyl (C=O) groups excluding carboxylic acids is 2. The summed E-state index contributed by atoms with van der Waals surface area (Å²) in [5.41, 5.74) is 0.934. The molecule has 0 aliphatic carbocycles. The van der Waals surface area contributed by atoms with E-state index >= 15 is 0 Å². The summed E-state index contributed by atoms with van der Waals surface area (Å²) >= 11 is 1.48. The van der Waals surface area contributed by atoms with Gasteiger partial charge in [0, 0.05) is 10.6 Å². The summed E-state index contributed by atoms with van der Waals surface area (Å²) in [6.45, 7) is 3.85. The Bertz CT molecular complexity index is 773. The van der Waals surface area contributed by atoms with Gasteiger partial charge < -0.3 is 20.7 Å². The smallest absolute Gasteiger partial charge is 0.319 e. The average molecular weight is 343 g/mol. The van der Waals surface area contributed by atoms with E-state index in [-0.39, 0.29) is 11.9 Å². The molecule has 7 heteroatoms. The lowest BCUT2D eigenvalue weighted by Crippen LogP contribution is -2.51. The van der Waals surface area contributed by atoms with Gasteiger partial charge in [0.2, 0.25) is 5.91 Å². The fraction of sp³-hybridized carbons (Fsp3) is 0.176. The highest BCUT2D eigenvalue weighted by Gasteiger charge is 2.38. The number of carbonyl (C=O) groups is 2. The number of anilines is 1. The Labute approximate surface area is 143 Å². The first-order valence-electron chi connectivity index (χ1n) is 7.33. The molecule has 1 aliphatic rings. The minimum atomic E-state index is -0.633. The summed E-state index contributed by atoms with van der Waals surface area (Å²) in [5, 5.41) is 10.1. The molecule has 1 saturated heterocycles. The molecule has 3 rings (SSSR count). The van der Waals surface area contributed by atoms with Crippen molar-refractivity contribution in [3.05, 3.63) is 58.9 Å². The Kier molecular flexibility index (Phi) is 4.52. The minimum Gasteiger partial charge on any atom is -0.495 e. The second-order valence-electron chi connectivity index (χ2n) is 5.28. The van der Waals surface area contributed by atoms with Crippen molar-refractivity contribution in [2.75, 3.05) is 12.4 Å². The third-order valence-corrected chi connectivity index (χ3v) is 4.72. The monoisotopic (exact) mass is 343 g/mol. The zero-order chi connectivity index (χ0) is 17.1. The van der Waals surface area contributed by atoms with Crippen molar-refractivity contribution >= 4 is 29.0 Å². The third kappa shape index (κ3) is 3.11. The van der Waals surface area contributed by atoms with Crippen LogP contribution in [-0.2, 0) is 4.79 Å². The summed E-state index contributed by atoms with van der Waals surface area (Å²) in [5.74, 6) is -0.335. The van der Waals surface area contributed by atoms with Crippen LogP contribution in [0.1, 0.15) is 10.9 Å². The van der Waals surface area contributed by atoms with Gasteiger partial charge in [-0.25, -0.2) is 4.79 Å². The molecule has 0 spiro atoms. The maximum Gasteiger partial charge on any atom is 0.319 e. The summed E-state index contributed by atoms with van der Waals surface area (Å²) in [6, 6.07) is 10.1. The first-order valence-corrected chi connectivity index (χ1v) is 8.21. The first-order chi connectivity index (χ1) is 11.6. The van der Waals surface area contributed by atoms with Gasteiger partial charge in [0.15, 0.2) is 0 Å². The number of para-hydroxylation sites is 2. The van der Waals surface area contributed by atoms with E-state index in [1.54, 1.807) is 19.2 Å². The number of benzene rings is 1. The van der Waals surface area contributed by atoms with Crippen LogP contribution in [0, 0.1) is 5.92 Å². The van der Waals surface area contributed by atoms with Crippen LogP contribution >= 0.6 is 11.3 Å². The Morgan fingerprint density at radius 2 is 2.08 bits per heavy atom. The summed E-state index contributed by atoms with van der Waals surface area (Å²) in [6.07, 6.45) is 0. The van der Waals surface area contributed by atoms with Gasteiger partial charge in [-0.1, -0.05) is 24.8 Å². The van der Waals surface area contributed by atoms with Crippen LogP contribution in [0.3, 0.4) is 0 Å². The van der Waals surface area contributed by atoms with Crippen LogP contribution in [-0.4, -0.2) is 19.0 Å². The van der Waals surface area contributed by atoms with Crippen molar-refractivity contribution in [2.24, 2.45) is 5.92 Å². The molecular formula is C17H17N3O3S. The molecule has 24 heavy (non-hydrogen) atoms. The third-order valence-electron chi connectivity index (χ3n) is 3.77. The Morgan fingerprint density at radius 1 is 1.29 bits per heavy atom. The van der Waals surface area contributed by atoms with Gasteiger partial charge in [0.25, 0.3) is 0 Å². The number of thiophene rings is 1. The van der Waals surface area contributed by atoms with Gasteiger partial charge in [0.1, 0.15) is 11.7 Å². The molecular weight excluding hydrogens is 326 g/mol. The highest BCUT2D eigenvalue weighted by molar-refractivity contribution is 7.10. The fourth-order valence-corrected chi connectivity index (χ4v) is 3.47. The second-order valence-corrected chi connectivity index (χ2v) is 6.26. The van der Waals surface area contributed by atoms with Crippen LogP contribution < -0.4 is 20.7 Å². The Balaban J connectivity index is 1.88. The average Bonchev–Trinajstić information content (AvgIpc) is 3.08. The van der Waals surface area contributed by atoms with Crippen molar-refractivity contribution in [2.45, 2.75) is 6.04 Å². The molecule has 1 aromatic carbocycles. The van der Waals surface area contributed by atoms with E-state index in [0.717, 1.165) is 4.88 Å². The number of hydrogen-bond donors (Lipinski definition) is 3. The summed E-state index contributed by atoms with van der Waals surface area (Å²) in [7, 11) is 1.54. The lowest BCUT2D eigenvalue weighted by molar-refractivity contribution is -0.119. The van der Waals surface area contributed by atoms with Gasteiger partial charge in [-0.05, 0) is 23.6 Å². The molecule has 0 saturated carbocycles. The number of ether oxygens (including phenoxy) is 1. The zero-order valence-electron chi connectivity index (χ0n) is 13.0. The SMILES string of the molecule is C=C1NC(=O)NC(c2cccs2)C1C(=O)Nc1ccccc1OC. The normalized spacial score (nSPS) is 20.0. The molecule has 124 valence electrons. The highest BCUT2D eigenvalue weighted by Crippen LogP contribution is 2.33. The number of nitrogens with one attached hydrogen (secondary N) is 3.